The van der Waals surface area contributed by atoms with Gasteiger partial charge in [-0.05, 0) is 6.92 Å². The lowest BCUT2D eigenvalue weighted by molar-refractivity contribution is -0.125. The third kappa shape index (κ3) is 4.89. The van der Waals surface area contributed by atoms with E-state index in [1.54, 1.807) is 0 Å². The van der Waals surface area contributed by atoms with Gasteiger partial charge < -0.3 is 0 Å². The highest BCUT2D eigenvalue weighted by Crippen LogP contribution is 2.16. The van der Waals surface area contributed by atoms with E-state index in [0.29, 0.717) is 6.42 Å². The molecule has 0 bridgehead atoms. The van der Waals surface area contributed by atoms with Crippen LogP contribution in [0.3, 0.4) is 0 Å². The van der Waals surface area contributed by atoms with Crippen LogP contribution in [0.2, 0.25) is 0 Å². The molecule has 12 heavy (non-hydrogen) atoms. The zero-order valence-corrected chi connectivity index (χ0v) is 8.48. The third-order valence-corrected chi connectivity index (χ3v) is 1.54. The summed E-state index contributed by atoms with van der Waals surface area (Å²) in [7, 11) is 0. The van der Waals surface area contributed by atoms with Crippen molar-refractivity contribution in [3.8, 4) is 0 Å². The van der Waals surface area contributed by atoms with Crippen molar-refractivity contribution < 1.29 is 4.79 Å². The van der Waals surface area contributed by atoms with E-state index in [2.05, 4.69) is 6.58 Å². The second-order valence-corrected chi connectivity index (χ2v) is 4.13. The maximum Gasteiger partial charge on any atom is 0.141 e. The van der Waals surface area contributed by atoms with Crippen LogP contribution in [0.25, 0.3) is 0 Å². The fraction of sp³-hybridized carbons (Fsp3) is 0.545. The van der Waals surface area contributed by atoms with Gasteiger partial charge in [-0.2, -0.15) is 0 Å². The minimum Gasteiger partial charge on any atom is -0.299 e. The summed E-state index contributed by atoms with van der Waals surface area (Å²) in [6.45, 7) is 11.4. The zero-order chi connectivity index (χ0) is 9.78. The molecule has 1 nitrogen and oxygen atoms in total. The Hall–Kier alpha value is -0.850. The summed E-state index contributed by atoms with van der Waals surface area (Å²) in [4.78, 5) is 11.4. The van der Waals surface area contributed by atoms with Crippen LogP contribution in [-0.2, 0) is 4.79 Å². The van der Waals surface area contributed by atoms with E-state index < -0.39 is 0 Å². The standard InChI is InChI=1S/C11H18O/c1-9(2)7-6-8-10(12)11(3,4)5/h6-7H,1,8H2,2-5H3/b7-6+. The predicted molar refractivity (Wildman–Crippen MR) is 53.0 cm³/mol. The summed E-state index contributed by atoms with van der Waals surface area (Å²) in [5.41, 5.74) is 0.760. The van der Waals surface area contributed by atoms with Crippen LogP contribution in [-0.4, -0.2) is 5.78 Å². The smallest absolute Gasteiger partial charge is 0.141 e. The first-order valence-electron chi connectivity index (χ1n) is 4.19. The molecule has 1 heteroatoms. The molecule has 0 atom stereocenters. The molecule has 0 aliphatic heterocycles. The van der Waals surface area contributed by atoms with Crippen LogP contribution < -0.4 is 0 Å². The molecule has 0 saturated heterocycles. The van der Waals surface area contributed by atoms with Crippen LogP contribution >= 0.6 is 0 Å². The van der Waals surface area contributed by atoms with Crippen molar-refractivity contribution in [2.75, 3.05) is 0 Å². The molecule has 0 aromatic heterocycles. The second kappa shape index (κ2) is 4.24. The Morgan fingerprint density at radius 1 is 1.42 bits per heavy atom. The molecule has 0 fully saturated rings. The second-order valence-electron chi connectivity index (χ2n) is 4.13. The van der Waals surface area contributed by atoms with Crippen molar-refractivity contribution in [2.45, 2.75) is 34.1 Å². The normalized spacial score (nSPS) is 12.0. The molecule has 0 aromatic carbocycles. The largest absolute Gasteiger partial charge is 0.299 e. The SMILES string of the molecule is C=C(C)/C=C/CC(=O)C(C)(C)C. The van der Waals surface area contributed by atoms with Gasteiger partial charge in [0.05, 0.1) is 0 Å². The highest BCUT2D eigenvalue weighted by molar-refractivity contribution is 5.84. The number of rotatable bonds is 3. The summed E-state index contributed by atoms with van der Waals surface area (Å²) in [5.74, 6) is 0.264. The van der Waals surface area contributed by atoms with Gasteiger partial charge in [0.15, 0.2) is 0 Å². The summed E-state index contributed by atoms with van der Waals surface area (Å²) in [6, 6.07) is 0. The minimum absolute atomic E-state index is 0.223. The Morgan fingerprint density at radius 3 is 2.25 bits per heavy atom. The van der Waals surface area contributed by atoms with E-state index in [1.165, 1.54) is 0 Å². The van der Waals surface area contributed by atoms with Gasteiger partial charge in [0.2, 0.25) is 0 Å². The topological polar surface area (TPSA) is 17.1 Å². The molecule has 0 saturated carbocycles. The first kappa shape index (κ1) is 11.2. The molecular weight excluding hydrogens is 148 g/mol. The van der Waals surface area contributed by atoms with Crippen LogP contribution in [0, 0.1) is 5.41 Å². The maximum atomic E-state index is 11.4. The van der Waals surface area contributed by atoms with Crippen molar-refractivity contribution in [1.82, 2.24) is 0 Å². The molecule has 0 radical (unpaired) electrons. The lowest BCUT2D eigenvalue weighted by Gasteiger charge is -2.14. The number of hydrogen-bond donors (Lipinski definition) is 0. The van der Waals surface area contributed by atoms with Crippen LogP contribution in [0.1, 0.15) is 34.1 Å². The number of carbonyl (C=O) groups excluding carboxylic acids is 1. The van der Waals surface area contributed by atoms with E-state index in [0.717, 1.165) is 5.57 Å². The van der Waals surface area contributed by atoms with Gasteiger partial charge >= 0.3 is 0 Å². The number of hydrogen-bond acceptors (Lipinski definition) is 1. The first-order valence-corrected chi connectivity index (χ1v) is 4.19. The van der Waals surface area contributed by atoms with Gasteiger partial charge in [0.1, 0.15) is 5.78 Å². The lowest BCUT2D eigenvalue weighted by Crippen LogP contribution is -2.18. The Balaban J connectivity index is 3.96. The van der Waals surface area contributed by atoms with Crippen molar-refractivity contribution in [2.24, 2.45) is 5.41 Å². The molecule has 0 aliphatic carbocycles. The summed E-state index contributed by atoms with van der Waals surface area (Å²) < 4.78 is 0. The molecular formula is C11H18O. The lowest BCUT2D eigenvalue weighted by atomic mass is 9.89. The highest BCUT2D eigenvalue weighted by Gasteiger charge is 2.18. The minimum atomic E-state index is -0.223. The van der Waals surface area contributed by atoms with E-state index in [4.69, 9.17) is 0 Å². The van der Waals surface area contributed by atoms with Crippen molar-refractivity contribution in [3.63, 3.8) is 0 Å². The number of carbonyl (C=O) groups is 1. The highest BCUT2D eigenvalue weighted by atomic mass is 16.1. The van der Waals surface area contributed by atoms with Crippen LogP contribution in [0.15, 0.2) is 24.3 Å². The Kier molecular flexibility index (Phi) is 3.94. The molecule has 0 aromatic rings. The molecule has 0 aliphatic rings. The van der Waals surface area contributed by atoms with E-state index in [9.17, 15) is 4.79 Å². The Labute approximate surface area is 75.2 Å². The Bertz CT molecular complexity index is 204. The summed E-state index contributed by atoms with van der Waals surface area (Å²) in [5, 5.41) is 0. The summed E-state index contributed by atoms with van der Waals surface area (Å²) in [6.07, 6.45) is 4.26. The fourth-order valence-corrected chi connectivity index (χ4v) is 0.673. The van der Waals surface area contributed by atoms with Gasteiger partial charge in [-0.15, -0.1) is 0 Å². The monoisotopic (exact) mass is 166 g/mol. The van der Waals surface area contributed by atoms with Gasteiger partial charge in [-0.1, -0.05) is 45.1 Å². The van der Waals surface area contributed by atoms with Crippen molar-refractivity contribution in [1.29, 1.82) is 0 Å². The van der Waals surface area contributed by atoms with Gasteiger partial charge in [0, 0.05) is 11.8 Å². The zero-order valence-electron chi connectivity index (χ0n) is 8.48. The average molecular weight is 166 g/mol. The van der Waals surface area contributed by atoms with Crippen molar-refractivity contribution >= 4 is 5.78 Å². The molecule has 0 amide bonds. The van der Waals surface area contributed by atoms with E-state index in [1.807, 2.05) is 39.8 Å². The molecule has 0 heterocycles. The molecule has 68 valence electrons. The van der Waals surface area contributed by atoms with Gasteiger partial charge in [-0.3, -0.25) is 4.79 Å². The molecule has 0 unspecified atom stereocenters. The first-order chi connectivity index (χ1) is 5.34. The summed E-state index contributed by atoms with van der Waals surface area (Å²) >= 11 is 0. The maximum absolute atomic E-state index is 11.4. The predicted octanol–water partition coefficient (Wildman–Crippen LogP) is 3.12. The van der Waals surface area contributed by atoms with E-state index in [-0.39, 0.29) is 11.2 Å². The number of allylic oxidation sites excluding steroid dienone is 3. The van der Waals surface area contributed by atoms with Crippen molar-refractivity contribution in [3.05, 3.63) is 24.3 Å². The van der Waals surface area contributed by atoms with Gasteiger partial charge in [0.25, 0.3) is 0 Å². The molecule has 0 N–H and O–H groups in total. The average Bonchev–Trinajstić information content (AvgIpc) is 1.84. The Morgan fingerprint density at radius 2 is 1.92 bits per heavy atom. The number of Topliss-reactive ketones (excluding diaryl/α,β-unsaturated/α-hetero) is 1. The molecule has 0 spiro atoms. The van der Waals surface area contributed by atoms with Gasteiger partial charge in [-0.25, -0.2) is 0 Å². The number of ketones is 1. The van der Waals surface area contributed by atoms with Crippen LogP contribution in [0.4, 0.5) is 0 Å². The third-order valence-electron chi connectivity index (χ3n) is 1.54. The van der Waals surface area contributed by atoms with E-state index >= 15 is 0 Å². The quantitative estimate of drug-likeness (QED) is 0.589. The van der Waals surface area contributed by atoms with Crippen LogP contribution in [0.5, 0.6) is 0 Å². The molecule has 0 rings (SSSR count). The fourth-order valence-electron chi connectivity index (χ4n) is 0.673.